The summed E-state index contributed by atoms with van der Waals surface area (Å²) in [7, 11) is 0. The summed E-state index contributed by atoms with van der Waals surface area (Å²) in [5.74, 6) is 1.67. The first-order valence-corrected chi connectivity index (χ1v) is 6.59. The summed E-state index contributed by atoms with van der Waals surface area (Å²) in [6, 6.07) is 8.57. The molecule has 1 aromatic rings. The van der Waals surface area contributed by atoms with Gasteiger partial charge in [-0.25, -0.2) is 0 Å². The molecule has 0 radical (unpaired) electrons. The van der Waals surface area contributed by atoms with Crippen molar-refractivity contribution in [3.63, 3.8) is 0 Å². The number of carbonyl (C=O) groups is 1. The van der Waals surface area contributed by atoms with E-state index < -0.39 is 0 Å². The van der Waals surface area contributed by atoms with Crippen LogP contribution in [0.15, 0.2) is 36.4 Å². The van der Waals surface area contributed by atoms with E-state index in [2.05, 4.69) is 36.4 Å². The Morgan fingerprint density at radius 1 is 1.24 bits per heavy atom. The van der Waals surface area contributed by atoms with Gasteiger partial charge < -0.3 is 4.79 Å². The molecule has 86 valence electrons. The van der Waals surface area contributed by atoms with Crippen molar-refractivity contribution < 1.29 is 4.79 Å². The van der Waals surface area contributed by atoms with Gasteiger partial charge in [0, 0.05) is 0 Å². The quantitative estimate of drug-likeness (QED) is 0.529. The number of aldehydes is 1. The number of aryl methyl sites for hydroxylation is 1. The van der Waals surface area contributed by atoms with Crippen molar-refractivity contribution in [2.24, 2.45) is 17.8 Å². The number of benzene rings is 1. The van der Waals surface area contributed by atoms with Gasteiger partial charge in [0.05, 0.1) is 5.41 Å². The number of carbonyl (C=O) groups excluding carboxylic acids is 1. The molecule has 0 heterocycles. The van der Waals surface area contributed by atoms with E-state index in [1.165, 1.54) is 30.3 Å². The Morgan fingerprint density at radius 2 is 2.12 bits per heavy atom. The van der Waals surface area contributed by atoms with Crippen LogP contribution in [0, 0.1) is 17.8 Å². The van der Waals surface area contributed by atoms with Gasteiger partial charge in [0.25, 0.3) is 0 Å². The van der Waals surface area contributed by atoms with E-state index in [1.807, 2.05) is 0 Å². The van der Waals surface area contributed by atoms with Crippen LogP contribution < -0.4 is 0 Å². The van der Waals surface area contributed by atoms with Crippen molar-refractivity contribution in [1.82, 2.24) is 0 Å². The summed E-state index contributed by atoms with van der Waals surface area (Å²) in [4.78, 5) is 11.9. The average Bonchev–Trinajstić information content (AvgIpc) is 2.98. The van der Waals surface area contributed by atoms with Gasteiger partial charge in [-0.3, -0.25) is 0 Å². The molecular weight excluding hydrogens is 208 g/mol. The summed E-state index contributed by atoms with van der Waals surface area (Å²) in [6.45, 7) is 0. The monoisotopic (exact) mass is 224 g/mol. The van der Waals surface area contributed by atoms with Gasteiger partial charge in [-0.2, -0.15) is 0 Å². The maximum atomic E-state index is 11.9. The fourth-order valence-corrected chi connectivity index (χ4v) is 4.57. The van der Waals surface area contributed by atoms with Crippen LogP contribution in [-0.2, 0) is 16.6 Å². The highest BCUT2D eigenvalue weighted by atomic mass is 16.1. The molecule has 0 saturated heterocycles. The lowest BCUT2D eigenvalue weighted by Gasteiger charge is -2.42. The molecule has 0 N–H and O–H groups in total. The molecule has 3 aliphatic rings. The van der Waals surface area contributed by atoms with Crippen LogP contribution in [-0.4, -0.2) is 6.29 Å². The highest BCUT2D eigenvalue weighted by molar-refractivity contribution is 5.74. The maximum absolute atomic E-state index is 11.9. The third-order valence-corrected chi connectivity index (χ3v) is 5.26. The van der Waals surface area contributed by atoms with Crippen LogP contribution in [0.2, 0.25) is 0 Å². The second kappa shape index (κ2) is 3.10. The molecule has 4 rings (SSSR count). The van der Waals surface area contributed by atoms with Gasteiger partial charge in [-0.05, 0) is 48.1 Å². The van der Waals surface area contributed by atoms with Crippen LogP contribution in [0.25, 0.3) is 0 Å². The number of hydrogen-bond donors (Lipinski definition) is 0. The lowest BCUT2D eigenvalue weighted by molar-refractivity contribution is -0.115. The summed E-state index contributed by atoms with van der Waals surface area (Å²) in [5.41, 5.74) is 2.54. The molecular formula is C16H16O. The van der Waals surface area contributed by atoms with Crippen LogP contribution in [0.5, 0.6) is 0 Å². The molecule has 4 atom stereocenters. The lowest BCUT2D eigenvalue weighted by atomic mass is 9.59. The molecule has 0 amide bonds. The van der Waals surface area contributed by atoms with Crippen molar-refractivity contribution in [3.05, 3.63) is 47.5 Å². The first-order chi connectivity index (χ1) is 8.36. The molecule has 3 aliphatic carbocycles. The van der Waals surface area contributed by atoms with E-state index >= 15 is 0 Å². The van der Waals surface area contributed by atoms with Crippen molar-refractivity contribution in [2.75, 3.05) is 0 Å². The Balaban J connectivity index is 1.99. The minimum Gasteiger partial charge on any atom is -0.302 e. The van der Waals surface area contributed by atoms with Gasteiger partial charge in [0.1, 0.15) is 6.29 Å². The Labute approximate surface area is 102 Å². The number of fused-ring (bicyclic) bond motifs is 7. The molecule has 0 unspecified atom stereocenters. The van der Waals surface area contributed by atoms with Crippen LogP contribution in [0.1, 0.15) is 24.0 Å². The van der Waals surface area contributed by atoms with Crippen LogP contribution in [0.4, 0.5) is 0 Å². The average molecular weight is 224 g/mol. The standard InChI is InChI=1S/C16H16O/c17-10-16-13-7-5-12(9-13)15(16)8-6-11-3-1-2-4-14(11)16/h1-5,7,10,12-13,15H,6,8-9H2/t12-,13+,15+,16+/m1/s1. The molecule has 0 aliphatic heterocycles. The van der Waals surface area contributed by atoms with Crippen LogP contribution >= 0.6 is 0 Å². The molecule has 1 aromatic carbocycles. The SMILES string of the molecule is O=C[C@]12c3ccccc3CC[C@H]1[C@@H]1C=C[C@H]2C1. The molecule has 1 heteroatoms. The third kappa shape index (κ3) is 0.987. The predicted octanol–water partition coefficient (Wildman–Crippen LogP) is 2.89. The highest BCUT2D eigenvalue weighted by Gasteiger charge is 2.58. The van der Waals surface area contributed by atoms with Crippen molar-refractivity contribution >= 4 is 6.29 Å². The topological polar surface area (TPSA) is 17.1 Å². The minimum absolute atomic E-state index is 0.186. The summed E-state index contributed by atoms with van der Waals surface area (Å²) in [5, 5.41) is 0. The van der Waals surface area contributed by atoms with Gasteiger partial charge in [-0.1, -0.05) is 36.4 Å². The Bertz CT molecular complexity index is 516. The summed E-state index contributed by atoms with van der Waals surface area (Å²) >= 11 is 0. The normalized spacial score (nSPS) is 41.1. The first-order valence-electron chi connectivity index (χ1n) is 6.59. The van der Waals surface area contributed by atoms with E-state index in [1.54, 1.807) is 0 Å². The van der Waals surface area contributed by atoms with E-state index in [4.69, 9.17) is 0 Å². The summed E-state index contributed by atoms with van der Waals surface area (Å²) < 4.78 is 0. The highest BCUT2D eigenvalue weighted by Crippen LogP contribution is 2.60. The van der Waals surface area contributed by atoms with Crippen molar-refractivity contribution in [2.45, 2.75) is 24.7 Å². The fraction of sp³-hybridized carbons (Fsp3) is 0.438. The minimum atomic E-state index is -0.186. The Kier molecular flexibility index (Phi) is 1.76. The van der Waals surface area contributed by atoms with E-state index in [0.29, 0.717) is 17.8 Å². The lowest BCUT2D eigenvalue weighted by Crippen LogP contribution is -2.44. The van der Waals surface area contributed by atoms with Gasteiger partial charge >= 0.3 is 0 Å². The molecule has 2 bridgehead atoms. The molecule has 1 saturated carbocycles. The van der Waals surface area contributed by atoms with Crippen molar-refractivity contribution in [3.8, 4) is 0 Å². The molecule has 1 fully saturated rings. The second-order valence-corrected chi connectivity index (χ2v) is 5.74. The van der Waals surface area contributed by atoms with Gasteiger partial charge in [0.15, 0.2) is 0 Å². The molecule has 0 spiro atoms. The summed E-state index contributed by atoms with van der Waals surface area (Å²) in [6.07, 6.45) is 9.43. The number of allylic oxidation sites excluding steroid dienone is 2. The molecule has 0 aromatic heterocycles. The third-order valence-electron chi connectivity index (χ3n) is 5.26. The van der Waals surface area contributed by atoms with Gasteiger partial charge in [0.2, 0.25) is 0 Å². The van der Waals surface area contributed by atoms with E-state index in [9.17, 15) is 4.79 Å². The zero-order valence-corrected chi connectivity index (χ0v) is 9.80. The molecule has 1 nitrogen and oxygen atoms in total. The largest absolute Gasteiger partial charge is 0.302 e. The van der Waals surface area contributed by atoms with Gasteiger partial charge in [-0.15, -0.1) is 0 Å². The smallest absolute Gasteiger partial charge is 0.131 e. The number of hydrogen-bond acceptors (Lipinski definition) is 1. The zero-order chi connectivity index (χ0) is 11.5. The Morgan fingerprint density at radius 3 is 3.00 bits per heavy atom. The first kappa shape index (κ1) is 9.64. The van der Waals surface area contributed by atoms with E-state index in [-0.39, 0.29) is 5.41 Å². The molecule has 17 heavy (non-hydrogen) atoms. The fourth-order valence-electron chi connectivity index (χ4n) is 4.57. The number of rotatable bonds is 1. The predicted molar refractivity (Wildman–Crippen MR) is 66.7 cm³/mol. The Hall–Kier alpha value is -1.37. The maximum Gasteiger partial charge on any atom is 0.131 e. The van der Waals surface area contributed by atoms with Crippen LogP contribution in [0.3, 0.4) is 0 Å². The van der Waals surface area contributed by atoms with E-state index in [0.717, 1.165) is 6.42 Å². The second-order valence-electron chi connectivity index (χ2n) is 5.74. The van der Waals surface area contributed by atoms with Crippen molar-refractivity contribution in [1.29, 1.82) is 0 Å². The zero-order valence-electron chi connectivity index (χ0n) is 9.80.